The van der Waals surface area contributed by atoms with E-state index in [4.69, 9.17) is 25.8 Å². The number of benzene rings is 3. The van der Waals surface area contributed by atoms with E-state index in [2.05, 4.69) is 10.6 Å². The minimum Gasteiger partial charge on any atom is -0.491 e. The number of amides is 3. The lowest BCUT2D eigenvalue weighted by molar-refractivity contribution is -0.122. The number of carbonyl (C=O) groups excluding carboxylic acids is 2. The molecule has 0 aromatic heterocycles. The SMILES string of the molecule is Cc1ccc(Cl)cc1NC(=O)NCCN1C(=O)C2(COc3cc4c(cc32)OCO4)c2ccccc21. The molecular formula is C26H22ClN3O5. The van der Waals surface area contributed by atoms with E-state index in [0.29, 0.717) is 34.5 Å². The highest BCUT2D eigenvalue weighted by Gasteiger charge is 2.57. The van der Waals surface area contributed by atoms with Gasteiger partial charge in [-0.3, -0.25) is 4.79 Å². The van der Waals surface area contributed by atoms with Crippen LogP contribution in [0.4, 0.5) is 16.2 Å². The van der Waals surface area contributed by atoms with E-state index >= 15 is 0 Å². The van der Waals surface area contributed by atoms with Gasteiger partial charge in [0.15, 0.2) is 11.5 Å². The zero-order chi connectivity index (χ0) is 24.2. The van der Waals surface area contributed by atoms with Gasteiger partial charge in [-0.15, -0.1) is 0 Å². The first-order valence-corrected chi connectivity index (χ1v) is 11.6. The summed E-state index contributed by atoms with van der Waals surface area (Å²) in [5.41, 5.74) is 3.02. The molecule has 0 saturated carbocycles. The maximum Gasteiger partial charge on any atom is 0.319 e. The molecule has 9 heteroatoms. The van der Waals surface area contributed by atoms with Gasteiger partial charge in [-0.2, -0.15) is 0 Å². The van der Waals surface area contributed by atoms with Crippen molar-refractivity contribution in [1.82, 2.24) is 5.32 Å². The Hall–Kier alpha value is -3.91. The van der Waals surface area contributed by atoms with Gasteiger partial charge >= 0.3 is 6.03 Å². The molecule has 0 saturated heterocycles. The fourth-order valence-electron chi connectivity index (χ4n) is 4.96. The number of fused-ring (bicyclic) bond motifs is 5. The van der Waals surface area contributed by atoms with Crippen LogP contribution >= 0.6 is 11.6 Å². The number of para-hydroxylation sites is 1. The van der Waals surface area contributed by atoms with E-state index in [0.717, 1.165) is 22.4 Å². The standard InChI is InChI=1S/C26H22ClN3O5/c1-15-6-7-16(27)10-19(15)29-25(32)28-8-9-30-20-5-3-2-4-17(20)26(24(30)31)13-33-21-12-23-22(11-18(21)26)34-14-35-23/h2-7,10-12H,8-9,13-14H2,1H3,(H2,28,29,32). The molecule has 0 radical (unpaired) electrons. The molecule has 6 rings (SSSR count). The van der Waals surface area contributed by atoms with Crippen LogP contribution in [0.3, 0.4) is 0 Å². The Morgan fingerprint density at radius 1 is 1.03 bits per heavy atom. The molecule has 1 atom stereocenters. The molecule has 0 aliphatic carbocycles. The van der Waals surface area contributed by atoms with Crippen molar-refractivity contribution in [2.75, 3.05) is 36.7 Å². The van der Waals surface area contributed by atoms with Gasteiger partial charge in [0.05, 0.1) is 0 Å². The fourth-order valence-corrected chi connectivity index (χ4v) is 5.14. The Balaban J connectivity index is 1.23. The molecule has 8 nitrogen and oxygen atoms in total. The first-order chi connectivity index (χ1) is 17.0. The Kier molecular flexibility index (Phi) is 5.00. The highest BCUT2D eigenvalue weighted by atomic mass is 35.5. The molecule has 3 aromatic rings. The van der Waals surface area contributed by atoms with Gasteiger partial charge in [0.25, 0.3) is 0 Å². The third kappa shape index (κ3) is 3.36. The number of nitrogens with zero attached hydrogens (tertiary/aromatic N) is 1. The second kappa shape index (κ2) is 8.09. The third-order valence-electron chi connectivity index (χ3n) is 6.71. The van der Waals surface area contributed by atoms with Crippen molar-refractivity contribution >= 4 is 34.9 Å². The number of hydrogen-bond donors (Lipinski definition) is 2. The van der Waals surface area contributed by atoms with E-state index < -0.39 is 5.41 Å². The summed E-state index contributed by atoms with van der Waals surface area (Å²) < 4.78 is 17.0. The highest BCUT2D eigenvalue weighted by Crippen LogP contribution is 2.54. The van der Waals surface area contributed by atoms with Gasteiger partial charge in [0, 0.05) is 41.1 Å². The summed E-state index contributed by atoms with van der Waals surface area (Å²) in [6, 6.07) is 16.3. The Morgan fingerprint density at radius 3 is 2.69 bits per heavy atom. The molecular weight excluding hydrogens is 470 g/mol. The van der Waals surface area contributed by atoms with Crippen molar-refractivity contribution in [3.05, 3.63) is 76.3 Å². The summed E-state index contributed by atoms with van der Waals surface area (Å²) in [6.45, 7) is 2.79. The molecule has 178 valence electrons. The van der Waals surface area contributed by atoms with Gasteiger partial charge in [-0.1, -0.05) is 35.9 Å². The molecule has 2 N–H and O–H groups in total. The minimum absolute atomic E-state index is 0.0933. The zero-order valence-electron chi connectivity index (χ0n) is 18.9. The lowest BCUT2D eigenvalue weighted by Gasteiger charge is -2.23. The van der Waals surface area contributed by atoms with Crippen LogP contribution in [0.25, 0.3) is 0 Å². The second-order valence-electron chi connectivity index (χ2n) is 8.71. The van der Waals surface area contributed by atoms with E-state index in [1.54, 1.807) is 23.1 Å². The van der Waals surface area contributed by atoms with Gasteiger partial charge in [-0.25, -0.2) is 4.79 Å². The molecule has 35 heavy (non-hydrogen) atoms. The number of anilines is 2. The van der Waals surface area contributed by atoms with Gasteiger partial charge in [-0.05, 0) is 42.3 Å². The van der Waals surface area contributed by atoms with Crippen LogP contribution in [0.2, 0.25) is 5.02 Å². The molecule has 3 amide bonds. The van der Waals surface area contributed by atoms with E-state index in [1.165, 1.54) is 0 Å². The monoisotopic (exact) mass is 491 g/mol. The van der Waals surface area contributed by atoms with E-state index in [9.17, 15) is 9.59 Å². The number of carbonyl (C=O) groups is 2. The molecule has 1 spiro atoms. The van der Waals surface area contributed by atoms with Crippen LogP contribution in [-0.4, -0.2) is 38.4 Å². The average Bonchev–Trinajstić information content (AvgIpc) is 3.52. The maximum atomic E-state index is 13.9. The van der Waals surface area contributed by atoms with Gasteiger partial charge < -0.3 is 29.7 Å². The third-order valence-corrected chi connectivity index (χ3v) is 6.95. The second-order valence-corrected chi connectivity index (χ2v) is 9.15. The zero-order valence-corrected chi connectivity index (χ0v) is 19.6. The number of aryl methyl sites for hydroxylation is 1. The van der Waals surface area contributed by atoms with Crippen molar-refractivity contribution in [3.8, 4) is 17.2 Å². The molecule has 3 aromatic carbocycles. The summed E-state index contributed by atoms with van der Waals surface area (Å²) in [5, 5.41) is 6.18. The van der Waals surface area contributed by atoms with Crippen LogP contribution in [0.1, 0.15) is 16.7 Å². The van der Waals surface area contributed by atoms with Crippen molar-refractivity contribution in [2.24, 2.45) is 0 Å². The maximum absolute atomic E-state index is 13.9. The van der Waals surface area contributed by atoms with Crippen molar-refractivity contribution < 1.29 is 23.8 Å². The summed E-state index contributed by atoms with van der Waals surface area (Å²) in [6.07, 6.45) is 0. The largest absolute Gasteiger partial charge is 0.491 e. The normalized spacial score (nSPS) is 18.9. The molecule has 0 bridgehead atoms. The Morgan fingerprint density at radius 2 is 1.83 bits per heavy atom. The quantitative estimate of drug-likeness (QED) is 0.570. The summed E-state index contributed by atoms with van der Waals surface area (Å²) in [5.74, 6) is 1.74. The van der Waals surface area contributed by atoms with Crippen LogP contribution in [0.5, 0.6) is 17.2 Å². The number of rotatable bonds is 4. The molecule has 3 aliphatic heterocycles. The molecule has 1 unspecified atom stereocenters. The van der Waals surface area contributed by atoms with E-state index in [-0.39, 0.29) is 31.9 Å². The number of hydrogen-bond acceptors (Lipinski definition) is 5. The van der Waals surface area contributed by atoms with Crippen LogP contribution < -0.4 is 29.7 Å². The Bertz CT molecular complexity index is 1380. The number of urea groups is 1. The lowest BCUT2D eigenvalue weighted by Crippen LogP contribution is -2.45. The van der Waals surface area contributed by atoms with Gasteiger partial charge in [0.1, 0.15) is 17.8 Å². The smallest absolute Gasteiger partial charge is 0.319 e. The molecule has 3 heterocycles. The van der Waals surface area contributed by atoms with Crippen molar-refractivity contribution in [2.45, 2.75) is 12.3 Å². The fraction of sp³-hybridized carbons (Fsp3) is 0.231. The first-order valence-electron chi connectivity index (χ1n) is 11.3. The predicted octanol–water partition coefficient (Wildman–Crippen LogP) is 4.22. The summed E-state index contributed by atoms with van der Waals surface area (Å²) in [4.78, 5) is 28.1. The topological polar surface area (TPSA) is 89.1 Å². The first kappa shape index (κ1) is 21.6. The van der Waals surface area contributed by atoms with E-state index in [1.807, 2.05) is 43.3 Å². The van der Waals surface area contributed by atoms with Crippen LogP contribution in [0, 0.1) is 6.92 Å². The van der Waals surface area contributed by atoms with Crippen molar-refractivity contribution in [3.63, 3.8) is 0 Å². The number of nitrogens with one attached hydrogen (secondary N) is 2. The summed E-state index contributed by atoms with van der Waals surface area (Å²) in [7, 11) is 0. The van der Waals surface area contributed by atoms with Crippen LogP contribution in [-0.2, 0) is 10.2 Å². The number of ether oxygens (including phenoxy) is 3. The van der Waals surface area contributed by atoms with Crippen LogP contribution in [0.15, 0.2) is 54.6 Å². The molecule has 3 aliphatic rings. The average molecular weight is 492 g/mol. The van der Waals surface area contributed by atoms with Crippen molar-refractivity contribution in [1.29, 1.82) is 0 Å². The lowest BCUT2D eigenvalue weighted by atomic mass is 9.77. The minimum atomic E-state index is -0.965. The Labute approximate surface area is 206 Å². The highest BCUT2D eigenvalue weighted by molar-refractivity contribution is 6.31. The molecule has 0 fully saturated rings. The summed E-state index contributed by atoms with van der Waals surface area (Å²) >= 11 is 6.04. The van der Waals surface area contributed by atoms with Gasteiger partial charge in [0.2, 0.25) is 12.7 Å². The predicted molar refractivity (Wildman–Crippen MR) is 131 cm³/mol. The number of halogens is 1.